The van der Waals surface area contributed by atoms with Gasteiger partial charge in [-0.15, -0.1) is 0 Å². The van der Waals surface area contributed by atoms with Crippen molar-refractivity contribution in [3.63, 3.8) is 0 Å². The molecular weight excluding hydrogens is 301 g/mol. The summed E-state index contributed by atoms with van der Waals surface area (Å²) in [5.74, 6) is 0. The normalized spacial score (nSPS) is 11.9. The Morgan fingerprint density at radius 1 is 1.38 bits per heavy atom. The molecule has 2 nitrogen and oxygen atoms in total. The average molecular weight is 304 g/mol. The number of halogens is 6. The van der Waals surface area contributed by atoms with Gasteiger partial charge >= 0.3 is 6.18 Å². The zero-order chi connectivity index (χ0) is 12.5. The van der Waals surface area contributed by atoms with Gasteiger partial charge in [-0.05, 0) is 22.0 Å². The van der Waals surface area contributed by atoms with Gasteiger partial charge in [0.15, 0.2) is 6.29 Å². The highest BCUT2D eigenvalue weighted by atomic mass is 79.9. The molecule has 0 radical (unpaired) electrons. The van der Waals surface area contributed by atoms with E-state index in [1.165, 1.54) is 0 Å². The van der Waals surface area contributed by atoms with Crippen molar-refractivity contribution in [2.45, 2.75) is 12.6 Å². The van der Waals surface area contributed by atoms with Gasteiger partial charge in [-0.3, -0.25) is 4.79 Å². The molecule has 1 rings (SSSR count). The standard InChI is InChI=1S/C8H3BrF5NO/c9-6-4(8(12,13)14)1-3(7(10)11)5(2-16)15-6/h1-2,7H. The molecule has 0 aliphatic carbocycles. The van der Waals surface area contributed by atoms with Crippen molar-refractivity contribution >= 4 is 22.2 Å². The maximum atomic E-state index is 12.3. The van der Waals surface area contributed by atoms with Crippen molar-refractivity contribution in [2.24, 2.45) is 0 Å². The highest BCUT2D eigenvalue weighted by Gasteiger charge is 2.35. The maximum absolute atomic E-state index is 12.3. The number of aldehydes is 1. The lowest BCUT2D eigenvalue weighted by Gasteiger charge is -2.11. The van der Waals surface area contributed by atoms with Gasteiger partial charge in [-0.1, -0.05) is 0 Å². The number of carbonyl (C=O) groups excluding carboxylic acids is 1. The molecule has 0 bridgehead atoms. The molecule has 88 valence electrons. The van der Waals surface area contributed by atoms with Crippen LogP contribution >= 0.6 is 15.9 Å². The van der Waals surface area contributed by atoms with Gasteiger partial charge in [-0.25, -0.2) is 13.8 Å². The Labute approximate surface area is 94.6 Å². The van der Waals surface area contributed by atoms with Gasteiger partial charge in [0.25, 0.3) is 6.43 Å². The van der Waals surface area contributed by atoms with Crippen LogP contribution in [-0.2, 0) is 6.18 Å². The minimum atomic E-state index is -4.81. The first kappa shape index (κ1) is 13.0. The number of rotatable bonds is 2. The lowest BCUT2D eigenvalue weighted by Crippen LogP contribution is -2.10. The first-order valence-electron chi connectivity index (χ1n) is 3.78. The number of carbonyl (C=O) groups is 1. The summed E-state index contributed by atoms with van der Waals surface area (Å²) in [6.07, 6.45) is -8.02. The third-order valence-corrected chi connectivity index (χ3v) is 2.29. The second-order valence-electron chi connectivity index (χ2n) is 2.72. The molecule has 0 saturated heterocycles. The number of alkyl halides is 5. The summed E-state index contributed by atoms with van der Waals surface area (Å²) < 4.78 is 61.0. The van der Waals surface area contributed by atoms with Crippen LogP contribution in [0.25, 0.3) is 0 Å². The maximum Gasteiger partial charge on any atom is 0.419 e. The van der Waals surface area contributed by atoms with Gasteiger partial charge < -0.3 is 0 Å². The van der Waals surface area contributed by atoms with E-state index in [0.29, 0.717) is 0 Å². The summed E-state index contributed by atoms with van der Waals surface area (Å²) in [6.45, 7) is 0. The fraction of sp³-hybridized carbons (Fsp3) is 0.250. The average Bonchev–Trinajstić information content (AvgIpc) is 2.14. The second-order valence-corrected chi connectivity index (χ2v) is 3.47. The summed E-state index contributed by atoms with van der Waals surface area (Å²) in [4.78, 5) is 13.5. The molecule has 0 fully saturated rings. The Hall–Kier alpha value is -1.05. The number of hydrogen-bond donors (Lipinski definition) is 0. The summed E-state index contributed by atoms with van der Waals surface area (Å²) in [7, 11) is 0. The van der Waals surface area contributed by atoms with E-state index in [-0.39, 0.29) is 12.4 Å². The van der Waals surface area contributed by atoms with Crippen LogP contribution in [0.2, 0.25) is 0 Å². The van der Waals surface area contributed by atoms with Crippen LogP contribution in [0, 0.1) is 0 Å². The zero-order valence-electron chi connectivity index (χ0n) is 7.36. The monoisotopic (exact) mass is 303 g/mol. The van der Waals surface area contributed by atoms with E-state index in [2.05, 4.69) is 20.9 Å². The van der Waals surface area contributed by atoms with E-state index in [4.69, 9.17) is 0 Å². The molecule has 0 aliphatic heterocycles. The number of nitrogens with zero attached hydrogens (tertiary/aromatic N) is 1. The Morgan fingerprint density at radius 2 is 1.94 bits per heavy atom. The molecule has 0 saturated carbocycles. The number of pyridine rings is 1. The van der Waals surface area contributed by atoms with Crippen molar-refractivity contribution in [3.05, 3.63) is 27.5 Å². The topological polar surface area (TPSA) is 30.0 Å². The van der Waals surface area contributed by atoms with Crippen LogP contribution in [0.1, 0.15) is 28.0 Å². The quantitative estimate of drug-likeness (QED) is 0.474. The van der Waals surface area contributed by atoms with E-state index < -0.39 is 34.0 Å². The van der Waals surface area contributed by atoms with Crippen molar-refractivity contribution in [3.8, 4) is 0 Å². The van der Waals surface area contributed by atoms with E-state index in [0.717, 1.165) is 0 Å². The second kappa shape index (κ2) is 4.44. The Kier molecular flexibility index (Phi) is 3.61. The molecule has 8 heteroatoms. The Morgan fingerprint density at radius 3 is 2.31 bits per heavy atom. The Balaban J connectivity index is 3.45. The van der Waals surface area contributed by atoms with E-state index in [1.54, 1.807) is 0 Å². The Bertz CT molecular complexity index is 418. The summed E-state index contributed by atoms with van der Waals surface area (Å²) in [5, 5.41) is 0. The lowest BCUT2D eigenvalue weighted by molar-refractivity contribution is -0.138. The van der Waals surface area contributed by atoms with Crippen LogP contribution in [0.3, 0.4) is 0 Å². The van der Waals surface area contributed by atoms with Gasteiger partial charge in [0.1, 0.15) is 10.3 Å². The first-order valence-corrected chi connectivity index (χ1v) is 4.57. The fourth-order valence-electron chi connectivity index (χ4n) is 0.987. The minimum Gasteiger partial charge on any atom is -0.296 e. The van der Waals surface area contributed by atoms with Gasteiger partial charge in [0.2, 0.25) is 0 Å². The SMILES string of the molecule is O=Cc1nc(Br)c(C(F)(F)F)cc1C(F)F. The predicted molar refractivity (Wildman–Crippen MR) is 47.3 cm³/mol. The largest absolute Gasteiger partial charge is 0.419 e. The molecule has 1 aromatic heterocycles. The molecule has 0 aromatic carbocycles. The van der Waals surface area contributed by atoms with Crippen LogP contribution in [-0.4, -0.2) is 11.3 Å². The third-order valence-electron chi connectivity index (χ3n) is 1.69. The van der Waals surface area contributed by atoms with Crippen molar-refractivity contribution in [2.75, 3.05) is 0 Å². The summed E-state index contributed by atoms with van der Waals surface area (Å²) in [5.41, 5.74) is -3.09. The molecular formula is C8H3BrF5NO. The molecule has 1 heterocycles. The van der Waals surface area contributed by atoms with Crippen LogP contribution in [0.5, 0.6) is 0 Å². The first-order chi connectivity index (χ1) is 7.27. The van der Waals surface area contributed by atoms with E-state index in [9.17, 15) is 26.7 Å². The molecule has 0 aliphatic rings. The van der Waals surface area contributed by atoms with E-state index in [1.807, 2.05) is 0 Å². The molecule has 0 N–H and O–H groups in total. The lowest BCUT2D eigenvalue weighted by atomic mass is 10.1. The number of hydrogen-bond acceptors (Lipinski definition) is 2. The van der Waals surface area contributed by atoms with Crippen molar-refractivity contribution < 1.29 is 26.7 Å². The molecule has 1 aromatic rings. The van der Waals surface area contributed by atoms with Crippen LogP contribution in [0.4, 0.5) is 22.0 Å². The van der Waals surface area contributed by atoms with E-state index >= 15 is 0 Å². The third kappa shape index (κ3) is 2.55. The van der Waals surface area contributed by atoms with Gasteiger partial charge in [0.05, 0.1) is 5.56 Å². The molecule has 0 unspecified atom stereocenters. The smallest absolute Gasteiger partial charge is 0.296 e. The molecule has 16 heavy (non-hydrogen) atoms. The predicted octanol–water partition coefficient (Wildman–Crippen LogP) is 3.61. The minimum absolute atomic E-state index is 0.0214. The van der Waals surface area contributed by atoms with Gasteiger partial charge in [0, 0.05) is 5.56 Å². The van der Waals surface area contributed by atoms with Gasteiger partial charge in [-0.2, -0.15) is 13.2 Å². The number of aromatic nitrogens is 1. The molecule has 0 amide bonds. The fourth-order valence-corrected chi connectivity index (χ4v) is 1.52. The summed E-state index contributed by atoms with van der Waals surface area (Å²) in [6, 6.07) is 0.214. The molecule has 0 atom stereocenters. The van der Waals surface area contributed by atoms with Crippen LogP contribution < -0.4 is 0 Å². The highest BCUT2D eigenvalue weighted by Crippen LogP contribution is 2.36. The highest BCUT2D eigenvalue weighted by molar-refractivity contribution is 9.10. The van der Waals surface area contributed by atoms with Crippen molar-refractivity contribution in [1.82, 2.24) is 4.98 Å². The van der Waals surface area contributed by atoms with Crippen molar-refractivity contribution in [1.29, 1.82) is 0 Å². The zero-order valence-corrected chi connectivity index (χ0v) is 8.94. The molecule has 0 spiro atoms. The van der Waals surface area contributed by atoms with Crippen LogP contribution in [0.15, 0.2) is 10.7 Å². The summed E-state index contributed by atoms with van der Waals surface area (Å²) >= 11 is 2.47.